The van der Waals surface area contributed by atoms with E-state index in [9.17, 15) is 4.79 Å². The van der Waals surface area contributed by atoms with E-state index in [2.05, 4.69) is 40.8 Å². The maximum atomic E-state index is 11.7. The van der Waals surface area contributed by atoms with Crippen molar-refractivity contribution in [1.82, 2.24) is 15.1 Å². The number of guanidine groups is 1. The second-order valence-corrected chi connectivity index (χ2v) is 8.57. The van der Waals surface area contributed by atoms with Crippen LogP contribution >= 0.6 is 35.7 Å². The minimum absolute atomic E-state index is 0. The van der Waals surface area contributed by atoms with Crippen molar-refractivity contribution in [2.24, 2.45) is 10.9 Å². The van der Waals surface area contributed by atoms with Gasteiger partial charge in [0, 0.05) is 51.8 Å². The number of nitrogens with one attached hydrogen (secondary N) is 1. The predicted octanol–water partition coefficient (Wildman–Crippen LogP) is 2.92. The Hall–Kier alpha value is -1.16. The van der Waals surface area contributed by atoms with Crippen molar-refractivity contribution >= 4 is 47.6 Å². The molecular weight excluding hydrogens is 487 g/mol. The fourth-order valence-corrected chi connectivity index (χ4v) is 4.10. The Bertz CT molecular complexity index is 655. The normalized spacial score (nSPS) is 17.1. The molecule has 1 heterocycles. The van der Waals surface area contributed by atoms with E-state index in [1.54, 1.807) is 14.1 Å². The Morgan fingerprint density at radius 3 is 2.82 bits per heavy atom. The van der Waals surface area contributed by atoms with Crippen LogP contribution in [0.4, 0.5) is 0 Å². The maximum Gasteiger partial charge on any atom is 0.259 e. The Morgan fingerprint density at radius 2 is 2.18 bits per heavy atom. The highest BCUT2D eigenvalue weighted by Gasteiger charge is 2.24. The molecule has 1 fully saturated rings. The Morgan fingerprint density at radius 1 is 1.43 bits per heavy atom. The minimum atomic E-state index is -0.0541. The zero-order chi connectivity index (χ0) is 19.8. The molecule has 1 aliphatic rings. The first kappa shape index (κ1) is 24.9. The third kappa shape index (κ3) is 7.69. The van der Waals surface area contributed by atoms with Crippen molar-refractivity contribution in [3.8, 4) is 5.75 Å². The summed E-state index contributed by atoms with van der Waals surface area (Å²) in [5.74, 6) is 3.38. The van der Waals surface area contributed by atoms with Crippen LogP contribution < -0.4 is 10.1 Å². The first-order valence-corrected chi connectivity index (χ1v) is 10.4. The van der Waals surface area contributed by atoms with Gasteiger partial charge >= 0.3 is 0 Å². The van der Waals surface area contributed by atoms with Crippen molar-refractivity contribution in [1.29, 1.82) is 0 Å². The van der Waals surface area contributed by atoms with Crippen molar-refractivity contribution in [3.63, 3.8) is 0 Å². The molecule has 0 saturated carbocycles. The summed E-state index contributed by atoms with van der Waals surface area (Å²) >= 11 is 2.06. The summed E-state index contributed by atoms with van der Waals surface area (Å²) in [5.41, 5.74) is 1.10. The first-order valence-electron chi connectivity index (χ1n) is 9.39. The number of amides is 1. The molecule has 1 atom stereocenters. The standard InChI is InChI=1S/C20H32N4O2S.HI/c1-15(2)18-13-24(9-10-27-18)20(21-3)22-12-16-7-6-8-17(11-16)26-14-19(25)23(4)5;/h6-8,11,15,18H,9-10,12-14H2,1-5H3,(H,21,22);1H. The molecular formula is C20H33IN4O2S. The summed E-state index contributed by atoms with van der Waals surface area (Å²) in [7, 11) is 5.28. The number of ether oxygens (including phenoxy) is 1. The lowest BCUT2D eigenvalue weighted by Gasteiger charge is -2.36. The van der Waals surface area contributed by atoms with Gasteiger partial charge in [-0.2, -0.15) is 11.8 Å². The number of hydrogen-bond acceptors (Lipinski definition) is 4. The maximum absolute atomic E-state index is 11.7. The van der Waals surface area contributed by atoms with Gasteiger partial charge in [0.25, 0.3) is 5.91 Å². The van der Waals surface area contributed by atoms with Crippen LogP contribution in [0.15, 0.2) is 29.3 Å². The van der Waals surface area contributed by atoms with Gasteiger partial charge in [0.05, 0.1) is 0 Å². The minimum Gasteiger partial charge on any atom is -0.484 e. The van der Waals surface area contributed by atoms with E-state index in [4.69, 9.17) is 4.74 Å². The molecule has 6 nitrogen and oxygen atoms in total. The molecule has 158 valence electrons. The van der Waals surface area contributed by atoms with E-state index >= 15 is 0 Å². The highest BCUT2D eigenvalue weighted by molar-refractivity contribution is 14.0. The quantitative estimate of drug-likeness (QED) is 0.355. The number of thioether (sulfide) groups is 1. The first-order chi connectivity index (χ1) is 12.9. The average Bonchev–Trinajstić information content (AvgIpc) is 2.67. The van der Waals surface area contributed by atoms with Crippen LogP contribution in [0.5, 0.6) is 5.75 Å². The summed E-state index contributed by atoms with van der Waals surface area (Å²) in [6.45, 7) is 7.32. The number of nitrogens with zero attached hydrogens (tertiary/aromatic N) is 3. The molecule has 1 saturated heterocycles. The van der Waals surface area contributed by atoms with Gasteiger partial charge < -0.3 is 19.9 Å². The van der Waals surface area contributed by atoms with Crippen LogP contribution in [-0.2, 0) is 11.3 Å². The summed E-state index contributed by atoms with van der Waals surface area (Å²) in [6, 6.07) is 7.83. The SMILES string of the molecule is CN=C(NCc1cccc(OCC(=O)N(C)C)c1)N1CCSC(C(C)C)C1.I. The molecule has 0 aliphatic carbocycles. The number of halogens is 1. The molecule has 1 N–H and O–H groups in total. The molecule has 0 aromatic heterocycles. The second kappa shape index (κ2) is 12.4. The van der Waals surface area contributed by atoms with Gasteiger partial charge in [-0.3, -0.25) is 9.79 Å². The lowest BCUT2D eigenvalue weighted by atomic mass is 10.1. The average molecular weight is 520 g/mol. The van der Waals surface area contributed by atoms with Gasteiger partial charge in [0.15, 0.2) is 12.6 Å². The van der Waals surface area contributed by atoms with E-state index in [0.29, 0.717) is 23.5 Å². The van der Waals surface area contributed by atoms with Crippen LogP contribution in [-0.4, -0.2) is 73.5 Å². The molecule has 1 aliphatic heterocycles. The fourth-order valence-electron chi connectivity index (χ4n) is 2.80. The predicted molar refractivity (Wildman–Crippen MR) is 129 cm³/mol. The summed E-state index contributed by atoms with van der Waals surface area (Å²) in [6.07, 6.45) is 0. The zero-order valence-corrected chi connectivity index (χ0v) is 20.6. The van der Waals surface area contributed by atoms with E-state index in [0.717, 1.165) is 30.4 Å². The van der Waals surface area contributed by atoms with Crippen molar-refractivity contribution in [3.05, 3.63) is 29.8 Å². The van der Waals surface area contributed by atoms with Gasteiger partial charge in [-0.25, -0.2) is 0 Å². The van der Waals surface area contributed by atoms with Gasteiger partial charge in [-0.15, -0.1) is 24.0 Å². The van der Waals surface area contributed by atoms with Gasteiger partial charge in [-0.1, -0.05) is 26.0 Å². The van der Waals surface area contributed by atoms with Crippen LogP contribution in [0.1, 0.15) is 19.4 Å². The highest BCUT2D eigenvalue weighted by Crippen LogP contribution is 2.25. The van der Waals surface area contributed by atoms with E-state index in [1.165, 1.54) is 4.90 Å². The van der Waals surface area contributed by atoms with Crippen LogP contribution in [0, 0.1) is 5.92 Å². The van der Waals surface area contributed by atoms with Crippen molar-refractivity contribution in [2.75, 3.05) is 46.6 Å². The molecule has 1 aromatic carbocycles. The van der Waals surface area contributed by atoms with Crippen LogP contribution in [0.3, 0.4) is 0 Å². The Balaban J connectivity index is 0.00000392. The third-order valence-corrected chi connectivity index (χ3v) is 6.10. The number of carbonyl (C=O) groups excluding carboxylic acids is 1. The largest absolute Gasteiger partial charge is 0.484 e. The lowest BCUT2D eigenvalue weighted by Crippen LogP contribution is -2.48. The molecule has 0 spiro atoms. The number of benzene rings is 1. The number of aliphatic imine (C=N–C) groups is 1. The molecule has 8 heteroatoms. The number of hydrogen-bond donors (Lipinski definition) is 1. The molecule has 0 bridgehead atoms. The zero-order valence-electron chi connectivity index (χ0n) is 17.5. The Kier molecular flexibility index (Phi) is 11.0. The van der Waals surface area contributed by atoms with E-state index in [-0.39, 0.29) is 36.5 Å². The van der Waals surface area contributed by atoms with Crippen molar-refractivity contribution < 1.29 is 9.53 Å². The smallest absolute Gasteiger partial charge is 0.259 e. The van der Waals surface area contributed by atoms with Gasteiger partial charge in [0.1, 0.15) is 5.75 Å². The van der Waals surface area contributed by atoms with Crippen LogP contribution in [0.25, 0.3) is 0 Å². The molecule has 0 radical (unpaired) electrons. The molecule has 1 unspecified atom stereocenters. The number of carbonyl (C=O) groups is 1. The molecule has 1 aromatic rings. The number of rotatable bonds is 6. The topological polar surface area (TPSA) is 57.2 Å². The van der Waals surface area contributed by atoms with E-state index in [1.807, 2.05) is 31.3 Å². The van der Waals surface area contributed by atoms with E-state index < -0.39 is 0 Å². The molecule has 2 rings (SSSR count). The molecule has 1 amide bonds. The van der Waals surface area contributed by atoms with Crippen molar-refractivity contribution in [2.45, 2.75) is 25.6 Å². The third-order valence-electron chi connectivity index (χ3n) is 4.56. The van der Waals surface area contributed by atoms with Crippen LogP contribution in [0.2, 0.25) is 0 Å². The summed E-state index contributed by atoms with van der Waals surface area (Å²) < 4.78 is 5.60. The summed E-state index contributed by atoms with van der Waals surface area (Å²) in [4.78, 5) is 20.0. The summed E-state index contributed by atoms with van der Waals surface area (Å²) in [5, 5.41) is 4.10. The fraction of sp³-hybridized carbons (Fsp3) is 0.600. The lowest BCUT2D eigenvalue weighted by molar-refractivity contribution is -0.130. The Labute approximate surface area is 190 Å². The monoisotopic (exact) mass is 520 g/mol. The highest BCUT2D eigenvalue weighted by atomic mass is 127. The second-order valence-electron chi connectivity index (χ2n) is 7.22. The molecule has 28 heavy (non-hydrogen) atoms. The van der Waals surface area contributed by atoms with Gasteiger partial charge in [0.2, 0.25) is 0 Å². The number of likely N-dealkylation sites (N-methyl/N-ethyl adjacent to an activating group) is 1. The van der Waals surface area contributed by atoms with Gasteiger partial charge in [-0.05, 0) is 23.6 Å².